The van der Waals surface area contributed by atoms with Crippen molar-refractivity contribution >= 4 is 5.95 Å². The molecule has 26 heavy (non-hydrogen) atoms. The number of aromatic nitrogens is 2. The number of anilines is 1. The van der Waals surface area contributed by atoms with Crippen LogP contribution in [0.3, 0.4) is 0 Å². The monoisotopic (exact) mass is 356 g/mol. The molecule has 1 aromatic heterocycles. The number of nitrogens with one attached hydrogen (secondary N) is 1. The van der Waals surface area contributed by atoms with Gasteiger partial charge in [0.15, 0.2) is 0 Å². The van der Waals surface area contributed by atoms with Gasteiger partial charge in [-0.1, -0.05) is 25.1 Å². The Hall–Kier alpha value is -2.21. The second-order valence-corrected chi connectivity index (χ2v) is 7.56. The highest BCUT2D eigenvalue weighted by atomic mass is 19.1. The fourth-order valence-electron chi connectivity index (χ4n) is 4.00. The normalized spacial score (nSPS) is 20.8. The van der Waals surface area contributed by atoms with E-state index in [-0.39, 0.29) is 11.4 Å². The van der Waals surface area contributed by atoms with Gasteiger partial charge in [0, 0.05) is 44.7 Å². The molecule has 5 nitrogen and oxygen atoms in total. The number of halogens is 1. The summed E-state index contributed by atoms with van der Waals surface area (Å²) in [6.07, 6.45) is 3.10. The van der Waals surface area contributed by atoms with Gasteiger partial charge in [-0.25, -0.2) is 9.37 Å². The van der Waals surface area contributed by atoms with Crippen LogP contribution in [0.25, 0.3) is 0 Å². The Balaban J connectivity index is 1.53. The Morgan fingerprint density at radius 2 is 2.15 bits per heavy atom. The van der Waals surface area contributed by atoms with Crippen molar-refractivity contribution in [2.45, 2.75) is 39.3 Å². The van der Waals surface area contributed by atoms with Crippen LogP contribution >= 0.6 is 0 Å². The number of fused-ring (bicyclic) bond motifs is 1. The van der Waals surface area contributed by atoms with Gasteiger partial charge in [0.05, 0.1) is 11.3 Å². The third-order valence-electron chi connectivity index (χ3n) is 5.44. The van der Waals surface area contributed by atoms with Gasteiger partial charge in [-0.3, -0.25) is 14.7 Å². The van der Waals surface area contributed by atoms with Gasteiger partial charge in [-0.15, -0.1) is 0 Å². The smallest absolute Gasteiger partial charge is 0.257 e. The van der Waals surface area contributed by atoms with E-state index in [2.05, 4.69) is 21.7 Å². The minimum absolute atomic E-state index is 0.0542. The van der Waals surface area contributed by atoms with E-state index in [9.17, 15) is 9.18 Å². The molecule has 1 atom stereocenters. The molecule has 0 spiro atoms. The third-order valence-corrected chi connectivity index (χ3v) is 5.44. The molecular formula is C20H25FN4O. The maximum atomic E-state index is 13.9. The van der Waals surface area contributed by atoms with Gasteiger partial charge in [-0.2, -0.15) is 0 Å². The van der Waals surface area contributed by atoms with Gasteiger partial charge in [-0.05, 0) is 24.8 Å². The van der Waals surface area contributed by atoms with Crippen molar-refractivity contribution in [1.29, 1.82) is 0 Å². The number of aromatic amines is 1. The number of nitrogens with zero attached hydrogens (tertiary/aromatic N) is 3. The van der Waals surface area contributed by atoms with Crippen molar-refractivity contribution in [3.05, 3.63) is 57.3 Å². The minimum atomic E-state index is -0.195. The van der Waals surface area contributed by atoms with Crippen molar-refractivity contribution in [3.63, 3.8) is 0 Å². The number of hydrogen-bond acceptors (Lipinski definition) is 4. The summed E-state index contributed by atoms with van der Waals surface area (Å²) < 4.78 is 13.9. The maximum Gasteiger partial charge on any atom is 0.257 e. The van der Waals surface area contributed by atoms with Crippen LogP contribution in [0.1, 0.15) is 36.6 Å². The summed E-state index contributed by atoms with van der Waals surface area (Å²) in [5.74, 6) is 1.14. The highest BCUT2D eigenvalue weighted by Gasteiger charge is 2.24. The summed E-state index contributed by atoms with van der Waals surface area (Å²) >= 11 is 0. The Morgan fingerprint density at radius 1 is 1.31 bits per heavy atom. The summed E-state index contributed by atoms with van der Waals surface area (Å²) in [6.45, 7) is 5.95. The number of benzene rings is 1. The number of hydrogen-bond donors (Lipinski definition) is 1. The van der Waals surface area contributed by atoms with Gasteiger partial charge < -0.3 is 4.90 Å². The molecule has 1 fully saturated rings. The molecule has 2 aromatic rings. The van der Waals surface area contributed by atoms with E-state index in [1.54, 1.807) is 12.1 Å². The van der Waals surface area contributed by atoms with Crippen molar-refractivity contribution < 1.29 is 4.39 Å². The summed E-state index contributed by atoms with van der Waals surface area (Å²) in [5, 5.41) is 0. The van der Waals surface area contributed by atoms with E-state index in [0.717, 1.165) is 43.7 Å². The summed E-state index contributed by atoms with van der Waals surface area (Å²) in [4.78, 5) is 24.7. The van der Waals surface area contributed by atoms with Crippen LogP contribution in [0.4, 0.5) is 10.3 Å². The van der Waals surface area contributed by atoms with E-state index in [0.29, 0.717) is 30.5 Å². The van der Waals surface area contributed by atoms with Crippen molar-refractivity contribution in [2.24, 2.45) is 5.92 Å². The molecule has 4 rings (SSSR count). The maximum absolute atomic E-state index is 13.9. The Morgan fingerprint density at radius 3 is 2.96 bits per heavy atom. The topological polar surface area (TPSA) is 52.2 Å². The van der Waals surface area contributed by atoms with Crippen molar-refractivity contribution in [2.75, 3.05) is 24.5 Å². The van der Waals surface area contributed by atoms with E-state index < -0.39 is 0 Å². The second kappa shape index (κ2) is 7.19. The van der Waals surface area contributed by atoms with Crippen LogP contribution in [0.15, 0.2) is 29.1 Å². The Labute approximate surface area is 152 Å². The Bertz CT molecular complexity index is 850. The Kier molecular flexibility index (Phi) is 4.76. The van der Waals surface area contributed by atoms with Crippen LogP contribution in [0.5, 0.6) is 0 Å². The predicted octanol–water partition coefficient (Wildman–Crippen LogP) is 2.70. The first-order valence-corrected chi connectivity index (χ1v) is 9.43. The number of rotatable bonds is 3. The van der Waals surface area contributed by atoms with Crippen LogP contribution in [0, 0.1) is 11.7 Å². The second-order valence-electron chi connectivity index (χ2n) is 7.56. The highest BCUT2D eigenvalue weighted by molar-refractivity contribution is 5.35. The fourth-order valence-corrected chi connectivity index (χ4v) is 4.00. The fraction of sp³-hybridized carbons (Fsp3) is 0.500. The molecule has 2 aliphatic heterocycles. The lowest BCUT2D eigenvalue weighted by atomic mass is 10.0. The van der Waals surface area contributed by atoms with E-state index in [1.807, 2.05) is 6.07 Å². The highest BCUT2D eigenvalue weighted by Crippen LogP contribution is 2.22. The van der Waals surface area contributed by atoms with Gasteiger partial charge in [0.2, 0.25) is 5.95 Å². The molecule has 1 N–H and O–H groups in total. The van der Waals surface area contributed by atoms with Crippen LogP contribution in [-0.2, 0) is 19.5 Å². The quantitative estimate of drug-likeness (QED) is 0.919. The van der Waals surface area contributed by atoms with Gasteiger partial charge >= 0.3 is 0 Å². The zero-order chi connectivity index (χ0) is 18.1. The molecular weight excluding hydrogens is 331 g/mol. The molecule has 0 radical (unpaired) electrons. The van der Waals surface area contributed by atoms with E-state index >= 15 is 0 Å². The van der Waals surface area contributed by atoms with Crippen LogP contribution in [0.2, 0.25) is 0 Å². The molecule has 3 heterocycles. The zero-order valence-corrected chi connectivity index (χ0v) is 15.2. The lowest BCUT2D eigenvalue weighted by molar-refractivity contribution is 0.238. The molecule has 6 heteroatoms. The molecule has 1 saturated heterocycles. The first-order valence-electron chi connectivity index (χ1n) is 9.43. The van der Waals surface area contributed by atoms with Crippen molar-refractivity contribution in [1.82, 2.24) is 14.9 Å². The van der Waals surface area contributed by atoms with E-state index in [1.165, 1.54) is 12.5 Å². The first-order chi connectivity index (χ1) is 12.6. The van der Waals surface area contributed by atoms with E-state index in [4.69, 9.17) is 4.98 Å². The van der Waals surface area contributed by atoms with Gasteiger partial charge in [0.1, 0.15) is 5.82 Å². The first kappa shape index (κ1) is 17.2. The lowest BCUT2D eigenvalue weighted by Crippen LogP contribution is -2.39. The predicted molar refractivity (Wildman–Crippen MR) is 99.7 cm³/mol. The molecule has 0 bridgehead atoms. The minimum Gasteiger partial charge on any atom is -0.342 e. The molecule has 2 aliphatic rings. The van der Waals surface area contributed by atoms with Crippen LogP contribution < -0.4 is 10.5 Å². The molecule has 0 aliphatic carbocycles. The summed E-state index contributed by atoms with van der Waals surface area (Å²) in [5.41, 5.74) is 2.23. The number of H-pyrrole nitrogens is 1. The van der Waals surface area contributed by atoms with Gasteiger partial charge in [0.25, 0.3) is 5.56 Å². The summed E-state index contributed by atoms with van der Waals surface area (Å²) in [6, 6.07) is 6.82. The zero-order valence-electron chi connectivity index (χ0n) is 15.2. The average Bonchev–Trinajstić information content (AvgIpc) is 2.64. The average molecular weight is 356 g/mol. The van der Waals surface area contributed by atoms with Crippen LogP contribution in [-0.4, -0.2) is 34.5 Å². The molecule has 138 valence electrons. The molecule has 0 saturated carbocycles. The SMILES string of the molecule is CC1CCCN(c2nc3c(c(=O)[nH]2)CN(Cc2ccccc2F)CC3)C1. The standard InChI is InChI=1S/C20H25FN4O/c1-14-5-4-9-25(11-14)20-22-18-8-10-24(13-16(18)19(26)23-20)12-15-6-2-3-7-17(15)21/h2-3,6-7,14H,4-5,8-13H2,1H3,(H,22,23,26). The lowest BCUT2D eigenvalue weighted by Gasteiger charge is -2.33. The molecule has 1 unspecified atom stereocenters. The van der Waals surface area contributed by atoms with Crippen molar-refractivity contribution in [3.8, 4) is 0 Å². The molecule has 0 amide bonds. The largest absolute Gasteiger partial charge is 0.342 e. The third kappa shape index (κ3) is 3.51. The molecule has 1 aromatic carbocycles. The number of piperidine rings is 1. The summed E-state index contributed by atoms with van der Waals surface area (Å²) in [7, 11) is 0.